The molecule has 4 aliphatic heterocycles. The van der Waals surface area contributed by atoms with Crippen LogP contribution in [0.2, 0.25) is 24.2 Å². The zero-order valence-electron chi connectivity index (χ0n) is 40.5. The molecule has 0 saturated carbocycles. The van der Waals surface area contributed by atoms with Gasteiger partial charge in [-0.15, -0.1) is 0 Å². The average molecular weight is 955 g/mol. The van der Waals surface area contributed by atoms with Crippen LogP contribution in [0, 0.1) is 0 Å². The highest BCUT2D eigenvalue weighted by atomic mass is 28.3. The van der Waals surface area contributed by atoms with E-state index in [-0.39, 0.29) is 0 Å². The lowest BCUT2D eigenvalue weighted by atomic mass is 9.81. The van der Waals surface area contributed by atoms with E-state index in [1.54, 1.807) is 20.7 Å². The molecule has 0 amide bonds. The number of rotatable bonds is 5. The summed E-state index contributed by atoms with van der Waals surface area (Å²) in [6, 6.07) is 94.0. The average Bonchev–Trinajstić information content (AvgIpc) is 4.16. The van der Waals surface area contributed by atoms with Crippen molar-refractivity contribution in [3.63, 3.8) is 0 Å². The summed E-state index contributed by atoms with van der Waals surface area (Å²) >= 11 is 0. The Morgan fingerprint density at radius 3 is 1.04 bits per heavy atom. The van der Waals surface area contributed by atoms with Gasteiger partial charge in [0.15, 0.2) is 0 Å². The minimum absolute atomic E-state index is 1.21. The molecule has 2 fully saturated rings. The van der Waals surface area contributed by atoms with Gasteiger partial charge in [-0.1, -0.05) is 202 Å². The molecule has 4 aliphatic rings. The zero-order chi connectivity index (χ0) is 47.4. The fourth-order valence-electron chi connectivity index (χ4n) is 14.5. The van der Waals surface area contributed by atoms with Crippen LogP contribution >= 0.6 is 0 Å². The molecule has 4 heteroatoms. The molecule has 2 spiro atoms. The van der Waals surface area contributed by atoms with Crippen molar-refractivity contribution in [3.05, 3.63) is 231 Å². The largest absolute Gasteiger partial charge is 0.311 e. The van der Waals surface area contributed by atoms with Gasteiger partial charge in [-0.3, -0.25) is 0 Å². The van der Waals surface area contributed by atoms with Crippen LogP contribution in [0.5, 0.6) is 0 Å². The van der Waals surface area contributed by atoms with Crippen LogP contribution in [-0.2, 0) is 0 Å². The number of nitrogens with zero attached hydrogens (tertiary/aromatic N) is 2. The minimum Gasteiger partial charge on any atom is -0.311 e. The summed E-state index contributed by atoms with van der Waals surface area (Å²) in [6.45, 7) is 0. The molecule has 11 aromatic rings. The Kier molecular flexibility index (Phi) is 9.55. The Balaban J connectivity index is 1.08. The second kappa shape index (κ2) is 16.4. The van der Waals surface area contributed by atoms with E-state index in [0.717, 1.165) is 0 Å². The van der Waals surface area contributed by atoms with Gasteiger partial charge in [0.25, 0.3) is 0 Å². The van der Waals surface area contributed by atoms with Crippen LogP contribution in [0.3, 0.4) is 0 Å². The third-order valence-corrected chi connectivity index (χ3v) is 28.1. The van der Waals surface area contributed by atoms with E-state index < -0.39 is 16.1 Å². The van der Waals surface area contributed by atoms with Gasteiger partial charge < -0.3 is 9.80 Å². The second-order valence-corrected chi connectivity index (χ2v) is 29.5. The maximum atomic E-state index is 2.62. The van der Waals surface area contributed by atoms with E-state index in [9.17, 15) is 0 Å². The molecule has 2 nitrogen and oxygen atoms in total. The Bertz CT molecular complexity index is 3850. The van der Waals surface area contributed by atoms with Crippen LogP contribution in [0.4, 0.5) is 34.1 Å². The van der Waals surface area contributed by atoms with E-state index in [0.29, 0.717) is 0 Å². The summed E-state index contributed by atoms with van der Waals surface area (Å²) in [7, 11) is -3.86. The summed E-state index contributed by atoms with van der Waals surface area (Å²) in [5.74, 6) is 0. The van der Waals surface area contributed by atoms with Gasteiger partial charge in [0.2, 0.25) is 0 Å². The van der Waals surface area contributed by atoms with Crippen molar-refractivity contribution in [2.45, 2.75) is 49.9 Å². The lowest BCUT2D eigenvalue weighted by Crippen LogP contribution is -2.60. The first-order valence-corrected chi connectivity index (χ1v) is 31.2. The topological polar surface area (TPSA) is 6.48 Å². The quantitative estimate of drug-likeness (QED) is 0.125. The van der Waals surface area contributed by atoms with Gasteiger partial charge in [-0.05, 0) is 165 Å². The molecule has 15 rings (SSSR count). The normalized spacial score (nSPS) is 16.1. The smallest absolute Gasteiger partial charge is 0.123 e. The molecule has 72 heavy (non-hydrogen) atoms. The number of benzene rings is 11. The highest BCUT2D eigenvalue weighted by molar-refractivity contribution is 7.05. The molecule has 0 aromatic heterocycles. The van der Waals surface area contributed by atoms with Crippen LogP contribution in [0.25, 0.3) is 65.7 Å². The van der Waals surface area contributed by atoms with Crippen LogP contribution < -0.4 is 30.5 Å². The molecule has 0 atom stereocenters. The summed E-state index contributed by atoms with van der Waals surface area (Å²) in [4.78, 5) is 5.24. The lowest BCUT2D eigenvalue weighted by molar-refractivity contribution is 0.935. The maximum absolute atomic E-state index is 2.62. The molecule has 4 heterocycles. The second-order valence-electron chi connectivity index (χ2n) is 21.0. The molecular formula is C68H54N2Si2. The summed E-state index contributed by atoms with van der Waals surface area (Å²) in [5.41, 5.74) is 15.3. The van der Waals surface area contributed by atoms with E-state index in [4.69, 9.17) is 0 Å². The molecule has 344 valence electrons. The van der Waals surface area contributed by atoms with Crippen molar-refractivity contribution < 1.29 is 0 Å². The van der Waals surface area contributed by atoms with Crippen LogP contribution in [0.15, 0.2) is 231 Å². The fraction of sp³-hybridized carbons (Fsp3) is 0.118. The SMILES string of the molecule is c1ccc(-c2cc(-c3ccccc3)c3c4ccc(N5c6ccccc6[Si]6(CCCC6)c6ccccc65)cc4c4cc(N5c6ccccc6[Si]6(CCCC6)c6ccccc65)ccc4c3c2-c2ccccc2)cc1. The number of fused-ring (bicyclic) bond motifs is 14. The van der Waals surface area contributed by atoms with Gasteiger partial charge in [-0.2, -0.15) is 0 Å². The molecular weight excluding hydrogens is 901 g/mol. The number of anilines is 6. The summed E-state index contributed by atoms with van der Waals surface area (Å²) in [6.07, 6.45) is 5.28. The van der Waals surface area contributed by atoms with Crippen molar-refractivity contribution in [1.29, 1.82) is 0 Å². The third kappa shape index (κ3) is 6.06. The van der Waals surface area contributed by atoms with Crippen molar-refractivity contribution in [1.82, 2.24) is 0 Å². The molecule has 0 radical (unpaired) electrons. The third-order valence-electron chi connectivity index (χ3n) is 17.5. The van der Waals surface area contributed by atoms with Crippen molar-refractivity contribution in [3.8, 4) is 33.4 Å². The molecule has 0 bridgehead atoms. The standard InChI is InChI=1S/C68H54N2Si2/c1-4-22-47(23-5-1)54-46-55(48-24-6-2-7-25-48)67-52-38-36-50(69-58-28-10-14-32-62(58)71(40-18-19-41-71)63-33-15-11-29-59(63)69)44-56(52)57-45-51(37-39-53(57)68(67)66(54)49-26-8-3-9-27-49)70-60-30-12-16-34-64(60)72(42-20-21-43-72)65-35-17-13-31-61(65)70/h1-17,22-39,44-46H,18-21,40-43H2. The molecule has 0 aliphatic carbocycles. The first-order chi connectivity index (χ1) is 35.7. The maximum Gasteiger partial charge on any atom is 0.123 e. The van der Waals surface area contributed by atoms with E-state index in [1.807, 2.05) is 0 Å². The van der Waals surface area contributed by atoms with Crippen LogP contribution in [0.1, 0.15) is 25.7 Å². The van der Waals surface area contributed by atoms with Gasteiger partial charge in [0.05, 0.1) is 0 Å². The fourth-order valence-corrected chi connectivity index (χ4v) is 25.5. The van der Waals surface area contributed by atoms with Gasteiger partial charge in [0.1, 0.15) is 16.1 Å². The Hall–Kier alpha value is -7.77. The van der Waals surface area contributed by atoms with Crippen molar-refractivity contribution >= 4 is 103 Å². The molecule has 11 aromatic carbocycles. The van der Waals surface area contributed by atoms with E-state index in [2.05, 4.69) is 240 Å². The lowest BCUT2D eigenvalue weighted by Gasteiger charge is -2.43. The zero-order valence-corrected chi connectivity index (χ0v) is 42.5. The van der Waals surface area contributed by atoms with E-state index in [1.165, 1.54) is 150 Å². The van der Waals surface area contributed by atoms with Crippen LogP contribution in [-0.4, -0.2) is 16.1 Å². The van der Waals surface area contributed by atoms with Crippen molar-refractivity contribution in [2.75, 3.05) is 9.80 Å². The van der Waals surface area contributed by atoms with Gasteiger partial charge >= 0.3 is 0 Å². The molecule has 0 N–H and O–H groups in total. The highest BCUT2D eigenvalue weighted by Gasteiger charge is 2.48. The molecule has 0 unspecified atom stereocenters. The minimum atomic E-state index is -1.93. The first-order valence-electron chi connectivity index (χ1n) is 26.4. The Morgan fingerprint density at radius 1 is 0.278 bits per heavy atom. The summed E-state index contributed by atoms with van der Waals surface area (Å²) in [5, 5.41) is 14.1. The highest BCUT2D eigenvalue weighted by Crippen LogP contribution is 2.52. The van der Waals surface area contributed by atoms with Gasteiger partial charge in [-0.25, -0.2) is 0 Å². The number of hydrogen-bond acceptors (Lipinski definition) is 2. The van der Waals surface area contributed by atoms with Gasteiger partial charge in [0, 0.05) is 34.1 Å². The predicted molar refractivity (Wildman–Crippen MR) is 312 cm³/mol. The monoisotopic (exact) mass is 954 g/mol. The number of hydrogen-bond donors (Lipinski definition) is 0. The predicted octanol–water partition coefficient (Wildman–Crippen LogP) is 16.4. The Morgan fingerprint density at radius 2 is 0.625 bits per heavy atom. The Labute approximate surface area is 424 Å². The molecule has 2 saturated heterocycles. The first kappa shape index (κ1) is 42.0. The van der Waals surface area contributed by atoms with E-state index >= 15 is 0 Å². The summed E-state index contributed by atoms with van der Waals surface area (Å²) < 4.78 is 0. The van der Waals surface area contributed by atoms with Crippen molar-refractivity contribution in [2.24, 2.45) is 0 Å². The number of para-hydroxylation sites is 4.